The van der Waals surface area contributed by atoms with Gasteiger partial charge in [-0.1, -0.05) is 127 Å². The van der Waals surface area contributed by atoms with Crippen LogP contribution in [0.1, 0.15) is 126 Å². The maximum absolute atomic E-state index is 12.1. The van der Waals surface area contributed by atoms with E-state index in [9.17, 15) is 20.1 Å². The van der Waals surface area contributed by atoms with Crippen molar-refractivity contribution in [2.24, 2.45) is 0 Å². The molecule has 0 saturated heterocycles. The van der Waals surface area contributed by atoms with Crippen LogP contribution in [0.4, 0.5) is 0 Å². The van der Waals surface area contributed by atoms with Gasteiger partial charge in [0.25, 0.3) is 0 Å². The van der Waals surface area contributed by atoms with Gasteiger partial charge in [0.1, 0.15) is 6.04 Å². The van der Waals surface area contributed by atoms with Crippen LogP contribution < -0.4 is 5.32 Å². The molecule has 0 aromatic heterocycles. The lowest BCUT2D eigenvalue weighted by Gasteiger charge is -2.34. The van der Waals surface area contributed by atoms with Crippen LogP contribution in [0.5, 0.6) is 0 Å². The molecule has 1 unspecified atom stereocenters. The Labute approximate surface area is 256 Å². The fourth-order valence-electron chi connectivity index (χ4n) is 5.66. The molecule has 2 aromatic rings. The Bertz CT molecular complexity index is 953. The number of aryl methyl sites for hydroxylation is 4. The van der Waals surface area contributed by atoms with Crippen molar-refractivity contribution in [1.82, 2.24) is 5.32 Å². The van der Waals surface area contributed by atoms with E-state index < -0.39 is 17.6 Å². The maximum Gasteiger partial charge on any atom is 0.320 e. The van der Waals surface area contributed by atoms with Gasteiger partial charge in [0.15, 0.2) is 0 Å². The Morgan fingerprint density at radius 1 is 0.619 bits per heavy atom. The van der Waals surface area contributed by atoms with E-state index in [-0.39, 0.29) is 13.2 Å². The number of unbranched alkanes of at least 4 members (excludes halogenated alkanes) is 10. The molecule has 236 valence electrons. The highest BCUT2D eigenvalue weighted by Gasteiger charge is 2.33. The second-order valence-electron chi connectivity index (χ2n) is 12.3. The number of aliphatic hydroxyl groups is 2. The van der Waals surface area contributed by atoms with Crippen LogP contribution in [-0.4, -0.2) is 46.1 Å². The third-order valence-electron chi connectivity index (χ3n) is 8.68. The monoisotopic (exact) mass is 581 g/mol. The number of carboxylic acid groups (broad SMARTS) is 1. The van der Waals surface area contributed by atoms with E-state index in [1.165, 1.54) is 88.2 Å². The molecule has 0 amide bonds. The molecule has 2 aromatic carbocycles. The zero-order valence-electron chi connectivity index (χ0n) is 26.6. The van der Waals surface area contributed by atoms with Crippen LogP contribution in [0.3, 0.4) is 0 Å². The molecule has 42 heavy (non-hydrogen) atoms. The van der Waals surface area contributed by atoms with E-state index in [1.54, 1.807) is 0 Å². The summed E-state index contributed by atoms with van der Waals surface area (Å²) in [7, 11) is 0. The number of hydrogen-bond acceptors (Lipinski definition) is 4. The summed E-state index contributed by atoms with van der Waals surface area (Å²) in [6.07, 6.45) is 19.7. The summed E-state index contributed by atoms with van der Waals surface area (Å²) in [6.45, 7) is 3.83. The van der Waals surface area contributed by atoms with Crippen LogP contribution in [0, 0.1) is 0 Å². The molecule has 0 fully saturated rings. The molecular formula is C37H59NO4. The highest BCUT2D eigenvalue weighted by atomic mass is 16.4. The third kappa shape index (κ3) is 14.3. The molecule has 0 saturated carbocycles. The van der Waals surface area contributed by atoms with E-state index in [0.717, 1.165) is 24.0 Å². The number of carboxylic acids is 1. The molecule has 0 heterocycles. The molecule has 0 aliphatic rings. The van der Waals surface area contributed by atoms with Gasteiger partial charge in [-0.05, 0) is 73.6 Å². The number of benzene rings is 2. The zero-order valence-corrected chi connectivity index (χ0v) is 26.6. The quantitative estimate of drug-likeness (QED) is 0.0898. The van der Waals surface area contributed by atoms with Gasteiger partial charge < -0.3 is 15.3 Å². The molecule has 0 spiro atoms. The Balaban J connectivity index is 1.83. The maximum atomic E-state index is 12.1. The second kappa shape index (κ2) is 21.5. The Morgan fingerprint density at radius 2 is 1.00 bits per heavy atom. The van der Waals surface area contributed by atoms with Gasteiger partial charge in [-0.3, -0.25) is 10.1 Å². The third-order valence-corrected chi connectivity index (χ3v) is 8.68. The summed E-state index contributed by atoms with van der Waals surface area (Å²) in [6, 6.07) is 16.3. The van der Waals surface area contributed by atoms with Crippen LogP contribution in [0.25, 0.3) is 0 Å². The van der Waals surface area contributed by atoms with Gasteiger partial charge in [0.2, 0.25) is 0 Å². The first-order valence-electron chi connectivity index (χ1n) is 16.8. The summed E-state index contributed by atoms with van der Waals surface area (Å²) >= 11 is 0. The van der Waals surface area contributed by atoms with Crippen molar-refractivity contribution in [1.29, 1.82) is 0 Å². The molecule has 5 nitrogen and oxygen atoms in total. The predicted octanol–water partition coefficient (Wildman–Crippen LogP) is 7.82. The Kier molecular flexibility index (Phi) is 18.4. The van der Waals surface area contributed by atoms with Crippen LogP contribution in [0.15, 0.2) is 48.5 Å². The van der Waals surface area contributed by atoms with Crippen molar-refractivity contribution >= 4 is 5.97 Å². The fraction of sp³-hybridized carbons (Fsp3) is 0.649. The molecule has 0 radical (unpaired) electrons. The van der Waals surface area contributed by atoms with Crippen molar-refractivity contribution in [3.63, 3.8) is 0 Å². The molecular weight excluding hydrogens is 522 g/mol. The molecule has 0 aliphatic heterocycles. The van der Waals surface area contributed by atoms with Crippen LogP contribution >= 0.6 is 0 Å². The molecule has 2 rings (SSSR count). The van der Waals surface area contributed by atoms with Crippen molar-refractivity contribution in [2.45, 2.75) is 141 Å². The summed E-state index contributed by atoms with van der Waals surface area (Å²) in [4.78, 5) is 12.1. The molecule has 0 aliphatic carbocycles. The van der Waals surface area contributed by atoms with Gasteiger partial charge in [-0.2, -0.15) is 0 Å². The standard InChI is InChI=1S/C37H59NO4/c1-3-5-7-9-11-13-15-31-17-21-33(22-18-31)25-26-35(36(41)42)38-37(29-39,30-40)28-27-34-23-19-32(20-24-34)16-14-12-10-8-6-4-2/h17-24,35,38-40H,3-16,25-30H2,1-2H3,(H,41,42). The van der Waals surface area contributed by atoms with Crippen molar-refractivity contribution in [3.8, 4) is 0 Å². The zero-order chi connectivity index (χ0) is 30.5. The normalized spacial score (nSPS) is 12.5. The van der Waals surface area contributed by atoms with E-state index in [0.29, 0.717) is 25.7 Å². The minimum Gasteiger partial charge on any atom is -0.480 e. The number of hydrogen-bond donors (Lipinski definition) is 4. The average Bonchev–Trinajstić information content (AvgIpc) is 3.01. The Hall–Kier alpha value is -2.21. The molecule has 4 N–H and O–H groups in total. The predicted molar refractivity (Wildman–Crippen MR) is 175 cm³/mol. The lowest BCUT2D eigenvalue weighted by atomic mass is 9.90. The summed E-state index contributed by atoms with van der Waals surface area (Å²) in [5.41, 5.74) is 3.85. The first kappa shape index (κ1) is 36.0. The van der Waals surface area contributed by atoms with E-state index in [1.807, 2.05) is 0 Å². The highest BCUT2D eigenvalue weighted by Crippen LogP contribution is 2.19. The van der Waals surface area contributed by atoms with Gasteiger partial charge in [0, 0.05) is 0 Å². The lowest BCUT2D eigenvalue weighted by molar-refractivity contribution is -0.140. The number of rotatable bonds is 25. The van der Waals surface area contributed by atoms with Crippen LogP contribution in [-0.2, 0) is 30.5 Å². The number of carbonyl (C=O) groups is 1. The number of aliphatic carboxylic acids is 1. The molecule has 5 heteroatoms. The first-order valence-corrected chi connectivity index (χ1v) is 16.8. The van der Waals surface area contributed by atoms with Gasteiger partial charge >= 0.3 is 5.97 Å². The second-order valence-corrected chi connectivity index (χ2v) is 12.3. The van der Waals surface area contributed by atoms with Gasteiger partial charge in [-0.15, -0.1) is 0 Å². The lowest BCUT2D eigenvalue weighted by Crippen LogP contribution is -2.58. The smallest absolute Gasteiger partial charge is 0.320 e. The van der Waals surface area contributed by atoms with Crippen molar-refractivity contribution in [2.75, 3.05) is 13.2 Å². The molecule has 1 atom stereocenters. The van der Waals surface area contributed by atoms with Gasteiger partial charge in [0.05, 0.1) is 18.8 Å². The highest BCUT2D eigenvalue weighted by molar-refractivity contribution is 5.73. The van der Waals surface area contributed by atoms with E-state index in [4.69, 9.17) is 0 Å². The van der Waals surface area contributed by atoms with Gasteiger partial charge in [-0.25, -0.2) is 0 Å². The van der Waals surface area contributed by atoms with Crippen molar-refractivity contribution in [3.05, 3.63) is 70.8 Å². The summed E-state index contributed by atoms with van der Waals surface area (Å²) < 4.78 is 0. The van der Waals surface area contributed by atoms with Crippen molar-refractivity contribution < 1.29 is 20.1 Å². The largest absolute Gasteiger partial charge is 0.480 e. The van der Waals surface area contributed by atoms with E-state index >= 15 is 0 Å². The number of aliphatic hydroxyl groups excluding tert-OH is 2. The summed E-state index contributed by atoms with van der Waals surface area (Å²) in [5, 5.41) is 33.5. The molecule has 0 bridgehead atoms. The first-order chi connectivity index (χ1) is 20.4. The average molecular weight is 582 g/mol. The number of nitrogens with one attached hydrogen (secondary N) is 1. The van der Waals surface area contributed by atoms with Crippen LogP contribution in [0.2, 0.25) is 0 Å². The Morgan fingerprint density at radius 3 is 1.40 bits per heavy atom. The SMILES string of the molecule is CCCCCCCCc1ccc(CCC(NC(CO)(CO)CCc2ccc(CCCCCCCC)cc2)C(=O)O)cc1. The minimum atomic E-state index is -1.05. The fourth-order valence-corrected chi connectivity index (χ4v) is 5.66. The minimum absolute atomic E-state index is 0.323. The topological polar surface area (TPSA) is 89.8 Å². The summed E-state index contributed by atoms with van der Waals surface area (Å²) in [5.74, 6) is -0.958. The van der Waals surface area contributed by atoms with E-state index in [2.05, 4.69) is 67.7 Å².